The summed E-state index contributed by atoms with van der Waals surface area (Å²) < 4.78 is 10.9. The Morgan fingerprint density at radius 1 is 0.971 bits per heavy atom. The molecule has 0 saturated carbocycles. The van der Waals surface area contributed by atoms with Crippen LogP contribution in [0.25, 0.3) is 0 Å². The van der Waals surface area contributed by atoms with Crippen LogP contribution in [0.2, 0.25) is 0 Å². The second-order valence-electron chi connectivity index (χ2n) is 7.42. The first-order valence-corrected chi connectivity index (χ1v) is 11.8. The van der Waals surface area contributed by atoms with Crippen molar-refractivity contribution in [1.82, 2.24) is 20.8 Å². The molecule has 10 heteroatoms. The number of aryl methyl sites for hydroxylation is 2. The van der Waals surface area contributed by atoms with Gasteiger partial charge in [-0.15, -0.1) is 0 Å². The van der Waals surface area contributed by atoms with Crippen molar-refractivity contribution in [3.8, 4) is 17.6 Å². The number of carbonyl (C=O) groups is 2. The van der Waals surface area contributed by atoms with E-state index in [1.165, 1.54) is 17.8 Å². The minimum atomic E-state index is -0.549. The molecule has 0 unspecified atom stereocenters. The number of hydrogen-bond donors (Lipinski definition) is 2. The van der Waals surface area contributed by atoms with E-state index in [2.05, 4.69) is 20.8 Å². The lowest BCUT2D eigenvalue weighted by atomic mass is 10.1. The second-order valence-corrected chi connectivity index (χ2v) is 8.36. The average Bonchev–Trinajstić information content (AvgIpc) is 2.85. The van der Waals surface area contributed by atoms with Crippen LogP contribution in [0.5, 0.6) is 11.5 Å². The predicted octanol–water partition coefficient (Wildman–Crippen LogP) is 3.50. The highest BCUT2D eigenvalue weighted by molar-refractivity contribution is 7.98. The molecule has 0 spiro atoms. The fraction of sp³-hybridized carbons (Fsp3) is 0.240. The normalized spacial score (nSPS) is 10.2. The number of nitrogens with zero attached hydrogens (tertiary/aromatic N) is 3. The molecule has 3 aromatic rings. The van der Waals surface area contributed by atoms with Gasteiger partial charge in [-0.3, -0.25) is 20.4 Å². The van der Waals surface area contributed by atoms with E-state index in [9.17, 15) is 9.59 Å². The van der Waals surface area contributed by atoms with Gasteiger partial charge in [0.2, 0.25) is 0 Å². The summed E-state index contributed by atoms with van der Waals surface area (Å²) in [5.74, 6) is 0.353. The van der Waals surface area contributed by atoms with Crippen LogP contribution < -0.4 is 20.3 Å². The van der Waals surface area contributed by atoms with Crippen molar-refractivity contribution in [3.05, 3.63) is 76.6 Å². The Bertz CT molecular complexity index is 1220. The number of carbonyl (C=O) groups excluding carboxylic acids is 2. The third kappa shape index (κ3) is 7.72. The van der Waals surface area contributed by atoms with Crippen LogP contribution >= 0.6 is 11.8 Å². The molecule has 0 aliphatic heterocycles. The molecule has 9 nitrogen and oxygen atoms in total. The minimum Gasteiger partial charge on any atom is -0.490 e. The zero-order chi connectivity index (χ0) is 25.2. The van der Waals surface area contributed by atoms with Gasteiger partial charge in [-0.25, -0.2) is 9.97 Å². The summed E-state index contributed by atoms with van der Waals surface area (Å²) in [7, 11) is 0. The Hall–Kier alpha value is -4.10. The molecular formula is C25H25N5O4S. The number of hydrogen-bond acceptors (Lipinski definition) is 8. The van der Waals surface area contributed by atoms with Gasteiger partial charge in [-0.1, -0.05) is 23.9 Å². The number of nitriles is 1. The molecule has 2 amide bonds. The van der Waals surface area contributed by atoms with Crippen LogP contribution in [-0.2, 0) is 10.5 Å². The zero-order valence-corrected chi connectivity index (χ0v) is 20.4. The summed E-state index contributed by atoms with van der Waals surface area (Å²) in [5, 5.41) is 9.72. The highest BCUT2D eigenvalue weighted by Gasteiger charge is 2.11. The third-order valence-electron chi connectivity index (χ3n) is 4.59. The van der Waals surface area contributed by atoms with Gasteiger partial charge >= 0.3 is 0 Å². The maximum Gasteiger partial charge on any atom is 0.276 e. The van der Waals surface area contributed by atoms with Gasteiger partial charge in [-0.05, 0) is 56.7 Å². The van der Waals surface area contributed by atoms with Crippen LogP contribution in [0.1, 0.15) is 39.8 Å². The van der Waals surface area contributed by atoms with E-state index in [0.29, 0.717) is 40.1 Å². The molecule has 0 bridgehead atoms. The van der Waals surface area contributed by atoms with Crippen molar-refractivity contribution in [2.45, 2.75) is 31.7 Å². The van der Waals surface area contributed by atoms with Crippen molar-refractivity contribution < 1.29 is 19.1 Å². The van der Waals surface area contributed by atoms with E-state index in [4.69, 9.17) is 14.7 Å². The Morgan fingerprint density at radius 3 is 2.34 bits per heavy atom. The first-order chi connectivity index (χ1) is 16.9. The molecule has 0 aliphatic rings. The van der Waals surface area contributed by atoms with Gasteiger partial charge in [0.15, 0.2) is 23.3 Å². The largest absolute Gasteiger partial charge is 0.490 e. The lowest BCUT2D eigenvalue weighted by Crippen LogP contribution is -2.43. The fourth-order valence-corrected chi connectivity index (χ4v) is 3.91. The molecule has 1 aromatic heterocycles. The van der Waals surface area contributed by atoms with Gasteiger partial charge in [-0.2, -0.15) is 5.26 Å². The van der Waals surface area contributed by atoms with Crippen LogP contribution in [0, 0.1) is 25.2 Å². The molecule has 35 heavy (non-hydrogen) atoms. The van der Waals surface area contributed by atoms with Crippen LogP contribution in [0.15, 0.2) is 53.7 Å². The number of rotatable bonds is 9. The van der Waals surface area contributed by atoms with Crippen molar-refractivity contribution >= 4 is 23.6 Å². The van der Waals surface area contributed by atoms with Crippen molar-refractivity contribution in [2.24, 2.45) is 0 Å². The maximum absolute atomic E-state index is 12.4. The monoisotopic (exact) mass is 491 g/mol. The Morgan fingerprint density at radius 2 is 1.69 bits per heavy atom. The van der Waals surface area contributed by atoms with Gasteiger partial charge < -0.3 is 9.47 Å². The van der Waals surface area contributed by atoms with Gasteiger partial charge in [0, 0.05) is 28.8 Å². The van der Waals surface area contributed by atoms with Gasteiger partial charge in [0.1, 0.15) is 0 Å². The predicted molar refractivity (Wildman–Crippen MR) is 131 cm³/mol. The number of ether oxygens (including phenoxy) is 2. The average molecular weight is 492 g/mol. The molecule has 2 aromatic carbocycles. The van der Waals surface area contributed by atoms with Crippen molar-refractivity contribution in [3.63, 3.8) is 0 Å². The lowest BCUT2D eigenvalue weighted by molar-refractivity contribution is -0.123. The van der Waals surface area contributed by atoms with Crippen LogP contribution in [0.3, 0.4) is 0 Å². The summed E-state index contributed by atoms with van der Waals surface area (Å²) in [6.45, 7) is 5.70. The standard InChI is InChI=1S/C25H25N5O4S/c1-4-33-22-12-19(13-26)7-10-21(22)34-14-23(31)29-30-24(32)20-8-5-18(6-9-20)15-35-25-27-16(2)11-17(3)28-25/h5-12H,4,14-15H2,1-3H3,(H,29,31)(H,30,32). The zero-order valence-electron chi connectivity index (χ0n) is 19.6. The van der Waals surface area contributed by atoms with E-state index >= 15 is 0 Å². The van der Waals surface area contributed by atoms with E-state index < -0.39 is 11.8 Å². The summed E-state index contributed by atoms with van der Waals surface area (Å²) in [6.07, 6.45) is 0. The Balaban J connectivity index is 1.47. The quantitative estimate of drug-likeness (QED) is 0.265. The van der Waals surface area contributed by atoms with Gasteiger partial charge in [0.05, 0.1) is 18.2 Å². The molecule has 2 N–H and O–H groups in total. The number of hydrazine groups is 1. The van der Waals surface area contributed by atoms with E-state index in [-0.39, 0.29) is 6.61 Å². The highest BCUT2D eigenvalue weighted by Crippen LogP contribution is 2.28. The number of amides is 2. The van der Waals surface area contributed by atoms with Gasteiger partial charge in [0.25, 0.3) is 11.8 Å². The van der Waals surface area contributed by atoms with Crippen molar-refractivity contribution in [2.75, 3.05) is 13.2 Å². The molecule has 180 valence electrons. The van der Waals surface area contributed by atoms with Crippen molar-refractivity contribution in [1.29, 1.82) is 5.26 Å². The first-order valence-electron chi connectivity index (χ1n) is 10.8. The van der Waals surface area contributed by atoms with E-state index in [1.54, 1.807) is 31.2 Å². The summed E-state index contributed by atoms with van der Waals surface area (Å²) >= 11 is 1.52. The number of benzene rings is 2. The van der Waals surface area contributed by atoms with E-state index in [0.717, 1.165) is 17.0 Å². The summed E-state index contributed by atoms with van der Waals surface area (Å²) in [5.41, 5.74) is 8.36. The topological polar surface area (TPSA) is 126 Å². The Labute approximate surface area is 207 Å². The molecule has 0 aliphatic carbocycles. The second kappa shape index (κ2) is 12.4. The molecule has 1 heterocycles. The highest BCUT2D eigenvalue weighted by atomic mass is 32.2. The van der Waals surface area contributed by atoms with Crippen LogP contribution in [-0.4, -0.2) is 35.0 Å². The molecule has 0 fully saturated rings. The Kier molecular flexibility index (Phi) is 9.03. The number of aromatic nitrogens is 2. The summed E-state index contributed by atoms with van der Waals surface area (Å²) in [4.78, 5) is 33.3. The molecule has 0 radical (unpaired) electrons. The lowest BCUT2D eigenvalue weighted by Gasteiger charge is -2.12. The molecular weight excluding hydrogens is 466 g/mol. The first kappa shape index (κ1) is 25.5. The van der Waals surface area contributed by atoms with Crippen LogP contribution in [0.4, 0.5) is 0 Å². The minimum absolute atomic E-state index is 0.326. The van der Waals surface area contributed by atoms with E-state index in [1.807, 2.05) is 38.1 Å². The molecule has 3 rings (SSSR count). The number of nitrogens with one attached hydrogen (secondary N) is 2. The third-order valence-corrected chi connectivity index (χ3v) is 5.51. The SMILES string of the molecule is CCOc1cc(C#N)ccc1OCC(=O)NNC(=O)c1ccc(CSc2nc(C)cc(C)n2)cc1. The smallest absolute Gasteiger partial charge is 0.276 e. The number of thioether (sulfide) groups is 1. The molecule has 0 saturated heterocycles. The fourth-order valence-electron chi connectivity index (χ4n) is 3.00. The summed E-state index contributed by atoms with van der Waals surface area (Å²) in [6, 6.07) is 15.7. The molecule has 0 atom stereocenters. The maximum atomic E-state index is 12.4.